The minimum absolute atomic E-state index is 0.133. The average Bonchev–Trinajstić information content (AvgIpc) is 3.21. The van der Waals surface area contributed by atoms with E-state index in [1.165, 1.54) is 21.3 Å². The van der Waals surface area contributed by atoms with Crippen LogP contribution in [-0.4, -0.2) is 67.6 Å². The summed E-state index contributed by atoms with van der Waals surface area (Å²) < 4.78 is 30.2. The van der Waals surface area contributed by atoms with E-state index in [1.807, 2.05) is 6.92 Å². The zero-order valence-corrected chi connectivity index (χ0v) is 27.9. The van der Waals surface area contributed by atoms with Crippen LogP contribution in [0.15, 0.2) is 0 Å². The van der Waals surface area contributed by atoms with Crippen molar-refractivity contribution in [2.24, 2.45) is 39.9 Å². The van der Waals surface area contributed by atoms with Gasteiger partial charge >= 0.3 is 17.9 Å². The van der Waals surface area contributed by atoms with Crippen LogP contribution in [0.1, 0.15) is 52.4 Å². The van der Waals surface area contributed by atoms with Gasteiger partial charge in [-0.15, -0.1) is 0 Å². The third kappa shape index (κ3) is 4.46. The van der Waals surface area contributed by atoms with E-state index in [4.69, 9.17) is 23.1 Å². The van der Waals surface area contributed by atoms with Crippen molar-refractivity contribution in [3.8, 4) is 0 Å². The molecule has 0 N–H and O–H groups in total. The van der Waals surface area contributed by atoms with Crippen molar-refractivity contribution in [1.29, 1.82) is 0 Å². The Labute approximate surface area is 236 Å². The fourth-order valence-corrected chi connectivity index (χ4v) is 12.8. The van der Waals surface area contributed by atoms with E-state index in [9.17, 15) is 14.4 Å². The third-order valence-corrected chi connectivity index (χ3v) is 12.7. The lowest BCUT2D eigenvalue weighted by Crippen LogP contribution is -2.62. The summed E-state index contributed by atoms with van der Waals surface area (Å²) >= 11 is 0. The van der Waals surface area contributed by atoms with E-state index in [-0.39, 0.29) is 23.8 Å². The molecule has 0 aromatic carbocycles. The third-order valence-electron chi connectivity index (χ3n) is 10.6. The van der Waals surface area contributed by atoms with Gasteiger partial charge in [-0.1, -0.05) is 0 Å². The van der Waals surface area contributed by atoms with Crippen LogP contribution in [0.4, 0.5) is 0 Å². The summed E-state index contributed by atoms with van der Waals surface area (Å²) in [5.74, 6) is -2.36. The summed E-state index contributed by atoms with van der Waals surface area (Å²) in [4.78, 5) is 42.2. The van der Waals surface area contributed by atoms with E-state index in [1.54, 1.807) is 0 Å². The van der Waals surface area contributed by atoms with Gasteiger partial charge in [-0.25, -0.2) is 0 Å². The van der Waals surface area contributed by atoms with Gasteiger partial charge in [-0.3, -0.25) is 14.4 Å². The predicted molar refractivity (Wildman–Crippen MR) is 152 cm³/mol. The van der Waals surface area contributed by atoms with Gasteiger partial charge in [0.15, 0.2) is 16.6 Å². The van der Waals surface area contributed by atoms with E-state index in [0.717, 1.165) is 19.3 Å². The maximum Gasteiger partial charge on any atom is 0.314 e. The molecule has 9 atom stereocenters. The lowest BCUT2D eigenvalue weighted by Gasteiger charge is -2.54. The Morgan fingerprint density at radius 1 is 0.795 bits per heavy atom. The molecule has 10 heteroatoms. The predicted octanol–water partition coefficient (Wildman–Crippen LogP) is 5.17. The first-order chi connectivity index (χ1) is 17.9. The van der Waals surface area contributed by atoms with Crippen LogP contribution in [-0.2, 0) is 37.4 Å². The number of rotatable bonds is 7. The molecule has 4 saturated carbocycles. The van der Waals surface area contributed by atoms with Gasteiger partial charge in [0.2, 0.25) is 0 Å². The zero-order valence-electron chi connectivity index (χ0n) is 25.9. The molecule has 222 valence electrons. The smallest absolute Gasteiger partial charge is 0.314 e. The molecule has 0 aliphatic heterocycles. The number of carbonyl (C=O) groups is 3. The van der Waals surface area contributed by atoms with Crippen molar-refractivity contribution in [2.75, 3.05) is 21.3 Å². The molecule has 4 fully saturated rings. The molecule has 3 unspecified atom stereocenters. The molecule has 2 bridgehead atoms. The van der Waals surface area contributed by atoms with E-state index >= 15 is 0 Å². The van der Waals surface area contributed by atoms with Gasteiger partial charge in [0.1, 0.15) is 0 Å². The number of ether oxygens (including phenoxy) is 3. The lowest BCUT2D eigenvalue weighted by atomic mass is 9.51. The average molecular weight is 583 g/mol. The fourth-order valence-electron chi connectivity index (χ4n) is 9.99. The molecule has 0 saturated heterocycles. The first kappa shape index (κ1) is 30.7. The fraction of sp³-hybridized carbons (Fsp3) is 0.897. The van der Waals surface area contributed by atoms with E-state index in [2.05, 4.69) is 46.2 Å². The Balaban J connectivity index is 2.00. The van der Waals surface area contributed by atoms with Crippen molar-refractivity contribution < 1.29 is 37.4 Å². The largest absolute Gasteiger partial charge is 0.469 e. The first-order valence-corrected chi connectivity index (χ1v) is 21.3. The Bertz CT molecular complexity index is 1020. The minimum Gasteiger partial charge on any atom is -0.469 e. The molecule has 0 amide bonds. The van der Waals surface area contributed by atoms with Gasteiger partial charge in [0.25, 0.3) is 0 Å². The molecule has 39 heavy (non-hydrogen) atoms. The number of fused-ring (bicyclic) bond motifs is 3. The molecular weight excluding hydrogens is 532 g/mol. The number of methoxy groups -OCH3 is 3. The monoisotopic (exact) mass is 582 g/mol. The topological polar surface area (TPSA) is 97.4 Å². The van der Waals surface area contributed by atoms with Crippen molar-refractivity contribution in [3.05, 3.63) is 0 Å². The second kappa shape index (κ2) is 9.66. The van der Waals surface area contributed by atoms with Gasteiger partial charge < -0.3 is 23.1 Å². The summed E-state index contributed by atoms with van der Waals surface area (Å²) in [5, 5.41) is 0. The lowest BCUT2D eigenvalue weighted by molar-refractivity contribution is -0.194. The van der Waals surface area contributed by atoms with Crippen LogP contribution in [0.25, 0.3) is 0 Å². The van der Waals surface area contributed by atoms with Crippen LogP contribution in [0.2, 0.25) is 39.3 Å². The van der Waals surface area contributed by atoms with Gasteiger partial charge in [-0.05, 0) is 109 Å². The maximum absolute atomic E-state index is 14.2. The highest BCUT2D eigenvalue weighted by Gasteiger charge is 2.82. The molecule has 0 heterocycles. The molecule has 4 aliphatic rings. The highest BCUT2D eigenvalue weighted by atomic mass is 28.4. The highest BCUT2D eigenvalue weighted by Crippen LogP contribution is 2.79. The maximum atomic E-state index is 14.2. The van der Waals surface area contributed by atoms with Crippen LogP contribution in [0.5, 0.6) is 0 Å². The Morgan fingerprint density at radius 3 is 1.92 bits per heavy atom. The second-order valence-corrected chi connectivity index (χ2v) is 23.9. The SMILES string of the molecule is COC(=O)[C@H]1C2C(C)(C(=O)OC)[C@@H](O[Si](C)(C)C)CC[C@@]2(C(=O)OC)C2CC[C@@H]3C[C@@]21C[C@@]3(C)O[Si](C)(C)C. The summed E-state index contributed by atoms with van der Waals surface area (Å²) in [5.41, 5.74) is -3.22. The minimum atomic E-state index is -2.12. The first-order valence-electron chi connectivity index (χ1n) is 14.5. The highest BCUT2D eigenvalue weighted by molar-refractivity contribution is 6.70. The molecule has 0 radical (unpaired) electrons. The van der Waals surface area contributed by atoms with Crippen LogP contribution < -0.4 is 0 Å². The molecule has 1 spiro atoms. The normalized spacial score (nSPS) is 43.3. The number of esters is 3. The molecule has 8 nitrogen and oxygen atoms in total. The van der Waals surface area contributed by atoms with Crippen molar-refractivity contribution in [2.45, 2.75) is 103 Å². The summed E-state index contributed by atoms with van der Waals surface area (Å²) in [6.45, 7) is 16.9. The van der Waals surface area contributed by atoms with E-state index in [0.29, 0.717) is 19.3 Å². The number of hydrogen-bond donors (Lipinski definition) is 0. The van der Waals surface area contributed by atoms with Crippen LogP contribution in [0, 0.1) is 39.9 Å². The standard InChI is InChI=1S/C29H50O8Si2/c1-26(37-39(9,10)11)17-28-16-18(26)12-13-19(28)29(25(32)35-5)15-14-20(36-38(6,7)8)27(2,24(31)34-4)22(29)21(28)23(30)33-3/h18-22H,12-17H2,1-11H3/t18-,19?,20+,21-,22?,26-,27?,28-,29-/m1/s1. The molecular formula is C29H50O8Si2. The van der Waals surface area contributed by atoms with Gasteiger partial charge in [-0.2, -0.15) is 0 Å². The van der Waals surface area contributed by atoms with Gasteiger partial charge in [0.05, 0.1) is 49.8 Å². The number of carbonyl (C=O) groups excluding carboxylic acids is 3. The Kier molecular flexibility index (Phi) is 7.61. The summed E-state index contributed by atoms with van der Waals surface area (Å²) in [7, 11) is 0.165. The zero-order chi connectivity index (χ0) is 29.4. The number of hydrogen-bond acceptors (Lipinski definition) is 8. The molecule has 4 aliphatic carbocycles. The summed E-state index contributed by atoms with van der Waals surface area (Å²) in [6, 6.07) is 0. The molecule has 0 aromatic heterocycles. The van der Waals surface area contributed by atoms with Crippen LogP contribution >= 0.6 is 0 Å². The quantitative estimate of drug-likeness (QED) is 0.230. The molecule has 4 rings (SSSR count). The Morgan fingerprint density at radius 2 is 1.41 bits per heavy atom. The second-order valence-electron chi connectivity index (χ2n) is 15.0. The van der Waals surface area contributed by atoms with Crippen LogP contribution in [0.3, 0.4) is 0 Å². The molecule has 0 aromatic rings. The van der Waals surface area contributed by atoms with Crippen molar-refractivity contribution in [1.82, 2.24) is 0 Å². The summed E-state index contributed by atoms with van der Waals surface area (Å²) in [6.07, 6.45) is 3.67. The van der Waals surface area contributed by atoms with Crippen molar-refractivity contribution >= 4 is 34.5 Å². The van der Waals surface area contributed by atoms with E-state index < -0.39 is 62.4 Å². The van der Waals surface area contributed by atoms with Crippen molar-refractivity contribution in [3.63, 3.8) is 0 Å². The Hall–Kier alpha value is -1.24. The van der Waals surface area contributed by atoms with Gasteiger partial charge in [0, 0.05) is 5.92 Å².